The molecule has 1 aromatic carbocycles. The van der Waals surface area contributed by atoms with Crippen LogP contribution in [0.4, 0.5) is 5.69 Å². The first-order valence-electron chi connectivity index (χ1n) is 8.29. The normalized spacial score (nSPS) is 19.9. The number of aryl methyl sites for hydroxylation is 1. The maximum absolute atomic E-state index is 3.48. The number of nitrogens with zero attached hydrogens (tertiary/aromatic N) is 1. The Hall–Kier alpha value is -1.02. The van der Waals surface area contributed by atoms with Gasteiger partial charge >= 0.3 is 0 Å². The molecule has 1 aromatic rings. The van der Waals surface area contributed by atoms with Gasteiger partial charge < -0.3 is 10.2 Å². The Bertz CT molecular complexity index is 414. The zero-order chi connectivity index (χ0) is 14.4. The molecule has 112 valence electrons. The summed E-state index contributed by atoms with van der Waals surface area (Å²) in [6.07, 6.45) is 6.64. The van der Waals surface area contributed by atoms with Crippen LogP contribution in [0, 0.1) is 6.92 Å². The summed E-state index contributed by atoms with van der Waals surface area (Å²) in [6, 6.07) is 7.67. The predicted octanol–water partition coefficient (Wildman–Crippen LogP) is 4.26. The molecule has 1 N–H and O–H groups in total. The fraction of sp³-hybridized carbons (Fsp3) is 0.667. The van der Waals surface area contributed by atoms with E-state index in [9.17, 15) is 0 Å². The Labute approximate surface area is 124 Å². The molecule has 1 heterocycles. The van der Waals surface area contributed by atoms with Crippen LogP contribution in [-0.4, -0.2) is 19.1 Å². The van der Waals surface area contributed by atoms with Crippen molar-refractivity contribution in [2.45, 2.75) is 65.5 Å². The molecule has 2 nitrogen and oxygen atoms in total. The van der Waals surface area contributed by atoms with Crippen molar-refractivity contribution in [3.05, 3.63) is 29.3 Å². The second kappa shape index (κ2) is 7.68. The van der Waals surface area contributed by atoms with Gasteiger partial charge in [-0.05, 0) is 56.8 Å². The lowest BCUT2D eigenvalue weighted by atomic mass is 10.1. The van der Waals surface area contributed by atoms with E-state index in [-0.39, 0.29) is 0 Å². The van der Waals surface area contributed by atoms with Crippen molar-refractivity contribution in [2.75, 3.05) is 18.0 Å². The van der Waals surface area contributed by atoms with Gasteiger partial charge in [-0.3, -0.25) is 0 Å². The van der Waals surface area contributed by atoms with Crippen LogP contribution in [-0.2, 0) is 6.54 Å². The van der Waals surface area contributed by atoms with Crippen molar-refractivity contribution in [1.82, 2.24) is 5.32 Å². The summed E-state index contributed by atoms with van der Waals surface area (Å²) in [4.78, 5) is 2.62. The molecule has 1 aliphatic heterocycles. The predicted molar refractivity (Wildman–Crippen MR) is 88.5 cm³/mol. The maximum Gasteiger partial charge on any atom is 0.0398 e. The van der Waals surface area contributed by atoms with Gasteiger partial charge in [0, 0.05) is 24.8 Å². The van der Waals surface area contributed by atoms with Crippen LogP contribution < -0.4 is 10.2 Å². The van der Waals surface area contributed by atoms with E-state index in [4.69, 9.17) is 0 Å². The second-order valence-electron chi connectivity index (χ2n) is 6.19. The maximum atomic E-state index is 3.48. The van der Waals surface area contributed by atoms with E-state index in [1.165, 1.54) is 55.5 Å². The van der Waals surface area contributed by atoms with Crippen molar-refractivity contribution in [2.24, 2.45) is 0 Å². The lowest BCUT2D eigenvalue weighted by molar-refractivity contribution is 0.615. The Kier molecular flexibility index (Phi) is 5.90. The molecule has 0 spiro atoms. The topological polar surface area (TPSA) is 15.3 Å². The van der Waals surface area contributed by atoms with Crippen LogP contribution in [0.2, 0.25) is 0 Å². The van der Waals surface area contributed by atoms with E-state index in [0.717, 1.165) is 13.1 Å². The average Bonchev–Trinajstić information content (AvgIpc) is 2.64. The quantitative estimate of drug-likeness (QED) is 0.807. The van der Waals surface area contributed by atoms with Gasteiger partial charge in [0.25, 0.3) is 0 Å². The minimum atomic E-state index is 0.681. The molecular formula is C18H30N2. The van der Waals surface area contributed by atoms with Crippen molar-refractivity contribution in [3.63, 3.8) is 0 Å². The van der Waals surface area contributed by atoms with Crippen molar-refractivity contribution in [1.29, 1.82) is 0 Å². The molecule has 0 aromatic heterocycles. The molecule has 2 heteroatoms. The number of benzene rings is 1. The average molecular weight is 274 g/mol. The molecule has 0 amide bonds. The second-order valence-corrected chi connectivity index (χ2v) is 6.19. The van der Waals surface area contributed by atoms with E-state index in [2.05, 4.69) is 49.2 Å². The van der Waals surface area contributed by atoms with Gasteiger partial charge in [0.1, 0.15) is 0 Å². The van der Waals surface area contributed by atoms with Crippen LogP contribution >= 0.6 is 0 Å². The van der Waals surface area contributed by atoms with Crippen LogP contribution in [0.3, 0.4) is 0 Å². The first-order chi connectivity index (χ1) is 9.72. The van der Waals surface area contributed by atoms with Gasteiger partial charge in [0.05, 0.1) is 0 Å². The number of rotatable bonds is 5. The summed E-state index contributed by atoms with van der Waals surface area (Å²) < 4.78 is 0. The van der Waals surface area contributed by atoms with Crippen LogP contribution in [0.15, 0.2) is 18.2 Å². The van der Waals surface area contributed by atoms with E-state index in [0.29, 0.717) is 6.04 Å². The molecule has 2 rings (SSSR count). The standard InChI is InChI=1S/C18H30N2/c1-4-11-19-14-17-9-10-18(15(2)13-17)20-12-7-5-6-8-16(20)3/h9-10,13,16,19H,4-8,11-12,14H2,1-3H3. The number of hydrogen-bond acceptors (Lipinski definition) is 2. The fourth-order valence-corrected chi connectivity index (χ4v) is 3.19. The third kappa shape index (κ3) is 3.99. The minimum Gasteiger partial charge on any atom is -0.369 e. The molecule has 0 aliphatic carbocycles. The van der Waals surface area contributed by atoms with Crippen LogP contribution in [0.1, 0.15) is 57.1 Å². The Balaban J connectivity index is 2.07. The monoisotopic (exact) mass is 274 g/mol. The van der Waals surface area contributed by atoms with Gasteiger partial charge in [-0.25, -0.2) is 0 Å². The summed E-state index contributed by atoms with van der Waals surface area (Å²) in [5.41, 5.74) is 4.27. The SMILES string of the molecule is CCCNCc1ccc(N2CCCCCC2C)c(C)c1. The molecular weight excluding hydrogens is 244 g/mol. The van der Waals surface area contributed by atoms with E-state index < -0.39 is 0 Å². The highest BCUT2D eigenvalue weighted by Gasteiger charge is 2.18. The van der Waals surface area contributed by atoms with Crippen LogP contribution in [0.25, 0.3) is 0 Å². The molecule has 1 saturated heterocycles. The summed E-state index contributed by atoms with van der Waals surface area (Å²) in [7, 11) is 0. The Morgan fingerprint density at radius 1 is 1.25 bits per heavy atom. The highest BCUT2D eigenvalue weighted by molar-refractivity contribution is 5.55. The first-order valence-corrected chi connectivity index (χ1v) is 8.29. The molecule has 1 atom stereocenters. The minimum absolute atomic E-state index is 0.681. The summed E-state index contributed by atoms with van der Waals surface area (Å²) in [6.45, 7) is 10.2. The molecule has 0 radical (unpaired) electrons. The molecule has 1 aliphatic rings. The summed E-state index contributed by atoms with van der Waals surface area (Å²) >= 11 is 0. The Morgan fingerprint density at radius 3 is 2.85 bits per heavy atom. The summed E-state index contributed by atoms with van der Waals surface area (Å²) in [5.74, 6) is 0. The largest absolute Gasteiger partial charge is 0.369 e. The van der Waals surface area contributed by atoms with Crippen LogP contribution in [0.5, 0.6) is 0 Å². The zero-order valence-corrected chi connectivity index (χ0v) is 13.4. The molecule has 0 saturated carbocycles. The van der Waals surface area contributed by atoms with Gasteiger partial charge in [-0.2, -0.15) is 0 Å². The lowest BCUT2D eigenvalue weighted by Gasteiger charge is -2.31. The Morgan fingerprint density at radius 2 is 2.10 bits per heavy atom. The first kappa shape index (κ1) is 15.4. The van der Waals surface area contributed by atoms with Crippen molar-refractivity contribution < 1.29 is 0 Å². The highest BCUT2D eigenvalue weighted by Crippen LogP contribution is 2.27. The summed E-state index contributed by atoms with van der Waals surface area (Å²) in [5, 5.41) is 3.48. The highest BCUT2D eigenvalue weighted by atomic mass is 15.2. The van der Waals surface area contributed by atoms with Crippen molar-refractivity contribution >= 4 is 5.69 Å². The van der Waals surface area contributed by atoms with Gasteiger partial charge in [-0.1, -0.05) is 31.9 Å². The van der Waals surface area contributed by atoms with Gasteiger partial charge in [0.15, 0.2) is 0 Å². The third-order valence-corrected chi connectivity index (χ3v) is 4.38. The fourth-order valence-electron chi connectivity index (χ4n) is 3.19. The molecule has 0 bridgehead atoms. The number of hydrogen-bond donors (Lipinski definition) is 1. The van der Waals surface area contributed by atoms with E-state index in [1.54, 1.807) is 0 Å². The smallest absolute Gasteiger partial charge is 0.0398 e. The van der Waals surface area contributed by atoms with E-state index >= 15 is 0 Å². The van der Waals surface area contributed by atoms with Gasteiger partial charge in [-0.15, -0.1) is 0 Å². The molecule has 20 heavy (non-hydrogen) atoms. The molecule has 1 fully saturated rings. The van der Waals surface area contributed by atoms with E-state index in [1.807, 2.05) is 0 Å². The van der Waals surface area contributed by atoms with Gasteiger partial charge in [0.2, 0.25) is 0 Å². The lowest BCUT2D eigenvalue weighted by Crippen LogP contribution is -2.33. The van der Waals surface area contributed by atoms with Crippen molar-refractivity contribution in [3.8, 4) is 0 Å². The third-order valence-electron chi connectivity index (χ3n) is 4.38. The number of anilines is 1. The molecule has 1 unspecified atom stereocenters. The zero-order valence-electron chi connectivity index (χ0n) is 13.4. The number of nitrogens with one attached hydrogen (secondary N) is 1.